The van der Waals surface area contributed by atoms with E-state index in [-0.39, 0.29) is 35.6 Å². The number of hydrogen-bond acceptors (Lipinski definition) is 3. The first-order valence-corrected chi connectivity index (χ1v) is 4.26. The van der Waals surface area contributed by atoms with Gasteiger partial charge in [-0.1, -0.05) is 0 Å². The van der Waals surface area contributed by atoms with Crippen LogP contribution in [-0.2, 0) is 6.42 Å². The molecule has 1 aliphatic rings. The Kier molecular flexibility index (Phi) is 1.85. The van der Waals surface area contributed by atoms with Crippen LogP contribution in [0.15, 0.2) is 6.07 Å². The quantitative estimate of drug-likeness (QED) is 0.714. The van der Waals surface area contributed by atoms with Gasteiger partial charge in [-0.3, -0.25) is 4.79 Å². The Labute approximate surface area is 83.7 Å². The molecule has 0 fully saturated rings. The molecule has 0 saturated heterocycles. The van der Waals surface area contributed by atoms with Gasteiger partial charge in [-0.2, -0.15) is 0 Å². The van der Waals surface area contributed by atoms with Crippen molar-refractivity contribution in [3.63, 3.8) is 0 Å². The topological polar surface area (TPSA) is 96.6 Å². The SMILES string of the molecule is O=C1CCc2c1cc(C(=O)O)n2C(=O)O. The normalized spacial score (nSPS) is 14.0. The second kappa shape index (κ2) is 2.94. The van der Waals surface area contributed by atoms with E-state index < -0.39 is 12.1 Å². The number of carbonyl (C=O) groups is 3. The summed E-state index contributed by atoms with van der Waals surface area (Å²) in [6.07, 6.45) is -0.839. The Morgan fingerprint density at radius 3 is 2.47 bits per heavy atom. The molecule has 15 heavy (non-hydrogen) atoms. The molecule has 6 nitrogen and oxygen atoms in total. The largest absolute Gasteiger partial charge is 0.477 e. The maximum Gasteiger partial charge on any atom is 0.416 e. The van der Waals surface area contributed by atoms with E-state index in [1.54, 1.807) is 0 Å². The van der Waals surface area contributed by atoms with Gasteiger partial charge in [-0.15, -0.1) is 0 Å². The monoisotopic (exact) mass is 209 g/mol. The van der Waals surface area contributed by atoms with Gasteiger partial charge in [0.1, 0.15) is 5.69 Å². The summed E-state index contributed by atoms with van der Waals surface area (Å²) in [6.45, 7) is 0. The predicted molar refractivity (Wildman–Crippen MR) is 47.5 cm³/mol. The van der Waals surface area contributed by atoms with Gasteiger partial charge in [0.25, 0.3) is 0 Å². The maximum atomic E-state index is 11.3. The van der Waals surface area contributed by atoms with E-state index in [0.29, 0.717) is 4.57 Å². The van der Waals surface area contributed by atoms with Crippen LogP contribution < -0.4 is 0 Å². The molecule has 0 amide bonds. The summed E-state index contributed by atoms with van der Waals surface area (Å²) < 4.78 is 0.669. The van der Waals surface area contributed by atoms with Gasteiger partial charge >= 0.3 is 12.1 Å². The fraction of sp³-hybridized carbons (Fsp3) is 0.222. The molecule has 0 saturated carbocycles. The third kappa shape index (κ3) is 1.22. The molecular formula is C9H7NO5. The van der Waals surface area contributed by atoms with E-state index in [0.717, 1.165) is 6.07 Å². The minimum Gasteiger partial charge on any atom is -0.477 e. The van der Waals surface area contributed by atoms with Gasteiger partial charge < -0.3 is 10.2 Å². The van der Waals surface area contributed by atoms with Gasteiger partial charge in [-0.05, 0) is 12.5 Å². The van der Waals surface area contributed by atoms with Crippen molar-refractivity contribution in [2.45, 2.75) is 12.8 Å². The van der Waals surface area contributed by atoms with Crippen molar-refractivity contribution in [2.75, 3.05) is 0 Å². The minimum atomic E-state index is -1.37. The zero-order chi connectivity index (χ0) is 11.2. The number of carboxylic acids is 1. The molecular weight excluding hydrogens is 202 g/mol. The Morgan fingerprint density at radius 1 is 1.27 bits per heavy atom. The maximum absolute atomic E-state index is 11.3. The van der Waals surface area contributed by atoms with Crippen LogP contribution in [0.25, 0.3) is 0 Å². The average Bonchev–Trinajstić information content (AvgIpc) is 2.65. The molecule has 1 aliphatic carbocycles. The van der Waals surface area contributed by atoms with E-state index in [4.69, 9.17) is 10.2 Å². The first kappa shape index (κ1) is 9.45. The lowest BCUT2D eigenvalue weighted by Gasteiger charge is -2.02. The fourth-order valence-electron chi connectivity index (χ4n) is 1.78. The average molecular weight is 209 g/mol. The summed E-state index contributed by atoms with van der Waals surface area (Å²) in [7, 11) is 0. The van der Waals surface area contributed by atoms with Crippen molar-refractivity contribution >= 4 is 17.8 Å². The third-order valence-electron chi connectivity index (χ3n) is 2.40. The highest BCUT2D eigenvalue weighted by Gasteiger charge is 2.30. The van der Waals surface area contributed by atoms with Crippen LogP contribution >= 0.6 is 0 Å². The molecule has 78 valence electrons. The summed E-state index contributed by atoms with van der Waals surface area (Å²) >= 11 is 0. The van der Waals surface area contributed by atoms with E-state index in [9.17, 15) is 14.4 Å². The van der Waals surface area contributed by atoms with Crippen molar-refractivity contribution in [2.24, 2.45) is 0 Å². The number of ketones is 1. The van der Waals surface area contributed by atoms with Crippen LogP contribution in [0.5, 0.6) is 0 Å². The van der Waals surface area contributed by atoms with Gasteiger partial charge in [0.2, 0.25) is 0 Å². The molecule has 6 heteroatoms. The van der Waals surface area contributed by atoms with E-state index in [1.807, 2.05) is 0 Å². The zero-order valence-electron chi connectivity index (χ0n) is 7.56. The molecule has 0 unspecified atom stereocenters. The number of aromatic nitrogens is 1. The summed E-state index contributed by atoms with van der Waals surface area (Å²) in [4.78, 5) is 32.9. The lowest BCUT2D eigenvalue weighted by Crippen LogP contribution is -2.17. The molecule has 0 aliphatic heterocycles. The number of carboxylic acid groups (broad SMARTS) is 2. The summed E-state index contributed by atoms with van der Waals surface area (Å²) in [5.74, 6) is -1.55. The number of hydrogen-bond donors (Lipinski definition) is 2. The van der Waals surface area contributed by atoms with Crippen molar-refractivity contribution < 1.29 is 24.6 Å². The van der Waals surface area contributed by atoms with Gasteiger partial charge in [0.05, 0.1) is 0 Å². The lowest BCUT2D eigenvalue weighted by molar-refractivity contribution is 0.0683. The number of nitrogens with zero attached hydrogens (tertiary/aromatic N) is 1. The second-order valence-corrected chi connectivity index (χ2v) is 3.24. The molecule has 0 spiro atoms. The van der Waals surface area contributed by atoms with Crippen LogP contribution in [0.1, 0.15) is 33.0 Å². The Morgan fingerprint density at radius 2 is 1.93 bits per heavy atom. The lowest BCUT2D eigenvalue weighted by atomic mass is 10.2. The highest BCUT2D eigenvalue weighted by atomic mass is 16.4. The highest BCUT2D eigenvalue weighted by Crippen LogP contribution is 2.25. The van der Waals surface area contributed by atoms with Crippen molar-refractivity contribution in [3.8, 4) is 0 Å². The van der Waals surface area contributed by atoms with Gasteiger partial charge in [0.15, 0.2) is 5.78 Å². The molecule has 0 atom stereocenters. The number of Topliss-reactive ketones (excluding diaryl/α,β-unsaturated/α-hetero) is 1. The van der Waals surface area contributed by atoms with Crippen LogP contribution in [0.4, 0.5) is 4.79 Å². The first-order chi connectivity index (χ1) is 7.02. The summed E-state index contributed by atoms with van der Waals surface area (Å²) in [5.41, 5.74) is 0.125. The van der Waals surface area contributed by atoms with E-state index in [1.165, 1.54) is 0 Å². The van der Waals surface area contributed by atoms with E-state index >= 15 is 0 Å². The molecule has 1 aromatic rings. The summed E-state index contributed by atoms with van der Waals surface area (Å²) in [6, 6.07) is 1.13. The number of rotatable bonds is 1. The molecule has 0 radical (unpaired) electrons. The van der Waals surface area contributed by atoms with Gasteiger partial charge in [0, 0.05) is 17.7 Å². The smallest absolute Gasteiger partial charge is 0.416 e. The standard InChI is InChI=1S/C9H7NO5/c11-7-2-1-5-4(7)3-6(8(12)13)10(5)9(14)15/h3H,1-2H2,(H,12,13)(H,14,15). The van der Waals surface area contributed by atoms with Crippen molar-refractivity contribution in [3.05, 3.63) is 23.0 Å². The molecule has 2 N–H and O–H groups in total. The predicted octanol–water partition coefficient (Wildman–Crippen LogP) is 0.841. The van der Waals surface area contributed by atoms with Crippen molar-refractivity contribution in [1.82, 2.24) is 4.57 Å². The van der Waals surface area contributed by atoms with Crippen LogP contribution in [-0.4, -0.2) is 32.6 Å². The molecule has 0 bridgehead atoms. The highest BCUT2D eigenvalue weighted by molar-refractivity contribution is 6.04. The molecule has 1 heterocycles. The Bertz CT molecular complexity index is 485. The fourth-order valence-corrected chi connectivity index (χ4v) is 1.78. The Balaban J connectivity index is 2.69. The van der Waals surface area contributed by atoms with Crippen LogP contribution in [0, 0.1) is 0 Å². The first-order valence-electron chi connectivity index (χ1n) is 4.26. The van der Waals surface area contributed by atoms with E-state index in [2.05, 4.69) is 0 Å². The molecule has 0 aromatic carbocycles. The minimum absolute atomic E-state index is 0.201. The number of aromatic carboxylic acids is 1. The van der Waals surface area contributed by atoms with Crippen molar-refractivity contribution in [1.29, 1.82) is 0 Å². The number of carbonyl (C=O) groups excluding carboxylic acids is 1. The second-order valence-electron chi connectivity index (χ2n) is 3.24. The number of fused-ring (bicyclic) bond motifs is 1. The third-order valence-corrected chi connectivity index (χ3v) is 2.40. The molecule has 1 aromatic heterocycles. The zero-order valence-corrected chi connectivity index (χ0v) is 7.56. The molecule has 2 rings (SSSR count). The van der Waals surface area contributed by atoms with Crippen LogP contribution in [0.3, 0.4) is 0 Å². The van der Waals surface area contributed by atoms with Crippen LogP contribution in [0.2, 0.25) is 0 Å². The Hall–Kier alpha value is -2.11. The van der Waals surface area contributed by atoms with Gasteiger partial charge in [-0.25, -0.2) is 14.2 Å². The summed E-state index contributed by atoms with van der Waals surface area (Å²) in [5, 5.41) is 17.6.